The Kier molecular flexibility index (Phi) is 6.40. The molecule has 0 spiro atoms. The van der Waals surface area contributed by atoms with Crippen LogP contribution < -0.4 is 0 Å². The second kappa shape index (κ2) is 11.8. The fourth-order valence-electron chi connectivity index (χ4n) is 10.1. The molecule has 4 heterocycles. The van der Waals surface area contributed by atoms with Crippen LogP contribution >= 0.6 is 0 Å². The lowest BCUT2D eigenvalue weighted by atomic mass is 9.95. The Bertz CT molecular complexity index is 3930. The van der Waals surface area contributed by atoms with Gasteiger partial charge in [-0.3, -0.25) is 15.4 Å². The highest BCUT2D eigenvalue weighted by Crippen LogP contribution is 2.47. The number of nitrogens with one attached hydrogen (secondary N) is 2. The fourth-order valence-corrected chi connectivity index (χ4v) is 10.1. The number of hydrogen-bond acceptors (Lipinski definition) is 2. The molecule has 13 aromatic rings. The minimum absolute atomic E-state index is 0.338. The molecule has 9 aromatic carbocycles. The lowest BCUT2D eigenvalue weighted by molar-refractivity contribution is 1.18. The molecule has 4 aromatic heterocycles. The maximum absolute atomic E-state index is 10.2. The van der Waals surface area contributed by atoms with Crippen LogP contribution in [0.4, 0.5) is 0 Å². The first kappa shape index (κ1) is 32.1. The molecule has 0 bridgehead atoms. The Morgan fingerprint density at radius 2 is 0.983 bits per heavy atom. The van der Waals surface area contributed by atoms with E-state index in [1.165, 1.54) is 48.9 Å². The van der Waals surface area contributed by atoms with Gasteiger partial charge in [-0.05, 0) is 71.4 Å². The maximum atomic E-state index is 10.2. The molecule has 5 nitrogen and oxygen atoms in total. The summed E-state index contributed by atoms with van der Waals surface area (Å²) >= 11 is 0. The van der Waals surface area contributed by atoms with Crippen molar-refractivity contribution in [1.82, 2.24) is 13.5 Å². The van der Waals surface area contributed by atoms with E-state index < -0.39 is 0 Å². The predicted octanol–water partition coefficient (Wildman–Crippen LogP) is 13.5. The Morgan fingerprint density at radius 1 is 0.373 bits per heavy atom. The van der Waals surface area contributed by atoms with Gasteiger partial charge >= 0.3 is 0 Å². The normalized spacial score (nSPS) is 12.2. The van der Waals surface area contributed by atoms with Gasteiger partial charge in [0.05, 0.1) is 44.3 Å². The van der Waals surface area contributed by atoms with Crippen LogP contribution in [-0.4, -0.2) is 25.1 Å². The van der Waals surface area contributed by atoms with Gasteiger partial charge in [-0.15, -0.1) is 0 Å². The highest BCUT2D eigenvalue weighted by atomic mass is 15.0. The number of benzene rings is 9. The standard InChI is InChI=1S/C54H33N5/c55-52(34-26-27-47-41(29-34)36-18-8-11-23-44(36)57(47)35-16-2-1-3-17-35)38-20-6-7-21-39(38)54(56)59-46-25-13-10-22-40(46)50-49(59)31-42-37-19-9-12-24-45(37)58-48-30-33-15-5-4-14-32(33)28-43(48)51(50)53(42)58/h1-31,55-56H. The summed E-state index contributed by atoms with van der Waals surface area (Å²) in [6.07, 6.45) is 0. The summed E-state index contributed by atoms with van der Waals surface area (Å²) in [4.78, 5) is 0. The molecule has 0 saturated heterocycles. The van der Waals surface area contributed by atoms with E-state index in [0.717, 1.165) is 54.9 Å². The van der Waals surface area contributed by atoms with Gasteiger partial charge in [-0.1, -0.05) is 127 Å². The van der Waals surface area contributed by atoms with Crippen molar-refractivity contribution in [2.24, 2.45) is 0 Å². The van der Waals surface area contributed by atoms with Gasteiger partial charge in [0.15, 0.2) is 0 Å². The number of hydrogen-bond donors (Lipinski definition) is 2. The molecule has 0 aliphatic carbocycles. The summed E-state index contributed by atoms with van der Waals surface area (Å²) in [6.45, 7) is 0. The van der Waals surface area contributed by atoms with Gasteiger partial charge in [-0.2, -0.15) is 0 Å². The molecule has 5 heteroatoms. The molecule has 0 saturated carbocycles. The zero-order valence-corrected chi connectivity index (χ0v) is 31.7. The molecule has 0 amide bonds. The van der Waals surface area contributed by atoms with Crippen LogP contribution in [0.15, 0.2) is 188 Å². The number of para-hydroxylation sites is 4. The highest BCUT2D eigenvalue weighted by molar-refractivity contribution is 6.37. The molecule has 274 valence electrons. The number of aromatic nitrogens is 3. The Morgan fingerprint density at radius 3 is 1.78 bits per heavy atom. The third-order valence-corrected chi connectivity index (χ3v) is 12.6. The third kappa shape index (κ3) is 4.28. The van der Waals surface area contributed by atoms with Crippen molar-refractivity contribution in [2.45, 2.75) is 0 Å². The average Bonchev–Trinajstić information content (AvgIpc) is 4.01. The fraction of sp³-hybridized carbons (Fsp3) is 0. The second-order valence-corrected chi connectivity index (χ2v) is 15.7. The molecular formula is C54H33N5. The van der Waals surface area contributed by atoms with Crippen molar-refractivity contribution in [3.63, 3.8) is 0 Å². The third-order valence-electron chi connectivity index (χ3n) is 12.6. The first-order valence-electron chi connectivity index (χ1n) is 20.0. The molecule has 0 radical (unpaired) electrons. The van der Waals surface area contributed by atoms with Crippen LogP contribution in [0.1, 0.15) is 16.7 Å². The van der Waals surface area contributed by atoms with Gasteiger partial charge in [0, 0.05) is 65.5 Å². The number of nitrogens with zero attached hydrogens (tertiary/aromatic N) is 3. The summed E-state index contributed by atoms with van der Waals surface area (Å²) in [5, 5.41) is 31.6. The minimum Gasteiger partial charge on any atom is -0.309 e. The zero-order chi connectivity index (χ0) is 38.9. The molecule has 0 atom stereocenters. The molecular weight excluding hydrogens is 719 g/mol. The lowest BCUT2D eigenvalue weighted by Crippen LogP contribution is -2.17. The monoisotopic (exact) mass is 751 g/mol. The van der Waals surface area contributed by atoms with E-state index in [-0.39, 0.29) is 0 Å². The second-order valence-electron chi connectivity index (χ2n) is 15.7. The lowest BCUT2D eigenvalue weighted by Gasteiger charge is -2.15. The Balaban J connectivity index is 1.05. The van der Waals surface area contributed by atoms with E-state index in [1.54, 1.807) is 0 Å². The summed E-state index contributed by atoms with van der Waals surface area (Å²) in [7, 11) is 0. The number of fused-ring (bicyclic) bond motifs is 14. The van der Waals surface area contributed by atoms with E-state index in [2.05, 4.69) is 171 Å². The van der Waals surface area contributed by atoms with Crippen LogP contribution in [0.3, 0.4) is 0 Å². The van der Waals surface area contributed by atoms with E-state index in [4.69, 9.17) is 0 Å². The van der Waals surface area contributed by atoms with Gasteiger partial charge < -0.3 is 8.97 Å². The first-order chi connectivity index (χ1) is 29.1. The maximum Gasteiger partial charge on any atom is 0.137 e. The van der Waals surface area contributed by atoms with E-state index in [9.17, 15) is 10.8 Å². The zero-order valence-electron chi connectivity index (χ0n) is 31.7. The van der Waals surface area contributed by atoms with Crippen molar-refractivity contribution in [1.29, 1.82) is 10.8 Å². The van der Waals surface area contributed by atoms with E-state index in [1.807, 2.05) is 30.3 Å². The van der Waals surface area contributed by atoms with Crippen LogP contribution in [0, 0.1) is 10.8 Å². The quantitative estimate of drug-likeness (QED) is 0.133. The molecule has 0 aliphatic rings. The van der Waals surface area contributed by atoms with Gasteiger partial charge in [0.25, 0.3) is 0 Å². The molecule has 0 unspecified atom stereocenters. The van der Waals surface area contributed by atoms with Crippen LogP contribution in [-0.2, 0) is 0 Å². The van der Waals surface area contributed by atoms with Gasteiger partial charge in [0.1, 0.15) is 5.84 Å². The molecule has 0 fully saturated rings. The predicted molar refractivity (Wildman–Crippen MR) is 247 cm³/mol. The molecule has 59 heavy (non-hydrogen) atoms. The van der Waals surface area contributed by atoms with Crippen LogP contribution in [0.2, 0.25) is 0 Å². The van der Waals surface area contributed by atoms with Crippen molar-refractivity contribution in [3.05, 3.63) is 205 Å². The SMILES string of the molecule is N=C(c1ccc2c(c1)c1ccccc1n2-c1ccccc1)c1ccccc1C(=N)n1c2ccccc2c2c3c4cc5ccccc5cc4n4c5ccccc5c(cc21)c34. The van der Waals surface area contributed by atoms with Gasteiger partial charge in [0.2, 0.25) is 0 Å². The largest absolute Gasteiger partial charge is 0.309 e. The smallest absolute Gasteiger partial charge is 0.137 e. The summed E-state index contributed by atoms with van der Waals surface area (Å²) in [5.41, 5.74) is 11.5. The topological polar surface area (TPSA) is 62.0 Å². The molecule has 2 N–H and O–H groups in total. The van der Waals surface area contributed by atoms with Crippen molar-refractivity contribution >= 4 is 104 Å². The molecule has 0 aliphatic heterocycles. The Hall–Kier alpha value is -8.02. The molecule has 13 rings (SSSR count). The highest BCUT2D eigenvalue weighted by Gasteiger charge is 2.26. The van der Waals surface area contributed by atoms with Crippen molar-refractivity contribution < 1.29 is 0 Å². The minimum atomic E-state index is 0.338. The van der Waals surface area contributed by atoms with Crippen molar-refractivity contribution in [3.8, 4) is 5.69 Å². The van der Waals surface area contributed by atoms with Gasteiger partial charge in [-0.25, -0.2) is 0 Å². The summed E-state index contributed by atoms with van der Waals surface area (Å²) in [5.74, 6) is 0.338. The number of rotatable bonds is 4. The Labute approximate surface area is 337 Å². The van der Waals surface area contributed by atoms with Crippen LogP contribution in [0.5, 0.6) is 0 Å². The summed E-state index contributed by atoms with van der Waals surface area (Å²) < 4.78 is 6.86. The average molecular weight is 752 g/mol. The van der Waals surface area contributed by atoms with E-state index >= 15 is 0 Å². The first-order valence-corrected chi connectivity index (χ1v) is 20.0. The van der Waals surface area contributed by atoms with Crippen molar-refractivity contribution in [2.75, 3.05) is 0 Å². The summed E-state index contributed by atoms with van der Waals surface area (Å²) in [6, 6.07) is 66.0. The van der Waals surface area contributed by atoms with E-state index in [0.29, 0.717) is 22.7 Å². The van der Waals surface area contributed by atoms with Crippen LogP contribution in [0.25, 0.3) is 98.2 Å².